The zero-order valence-electron chi connectivity index (χ0n) is 24.0. The van der Waals surface area contributed by atoms with Crippen LogP contribution in [0.1, 0.15) is 0 Å². The van der Waals surface area contributed by atoms with Crippen LogP contribution in [0.3, 0.4) is 0 Å². The molecular weight excluding hydrogens is 536 g/mol. The third-order valence-corrected chi connectivity index (χ3v) is 8.15. The molecule has 0 amide bonds. The van der Waals surface area contributed by atoms with Crippen LogP contribution in [0, 0.1) is 0 Å². The number of fused-ring (bicyclic) bond motifs is 3. The number of hydrogen-bond acceptors (Lipinski definition) is 3. The highest BCUT2D eigenvalue weighted by Crippen LogP contribution is 2.38. The van der Waals surface area contributed by atoms with Gasteiger partial charge in [0.2, 0.25) is 0 Å². The molecule has 6 aromatic carbocycles. The molecule has 0 unspecified atom stereocenters. The zero-order chi connectivity index (χ0) is 29.3. The van der Waals surface area contributed by atoms with E-state index < -0.39 is 0 Å². The van der Waals surface area contributed by atoms with E-state index in [1.165, 1.54) is 22.3 Å². The summed E-state index contributed by atoms with van der Waals surface area (Å²) < 4.78 is 6.00. The van der Waals surface area contributed by atoms with Gasteiger partial charge in [0.1, 0.15) is 5.58 Å². The molecule has 3 heteroatoms. The summed E-state index contributed by atoms with van der Waals surface area (Å²) in [5.74, 6) is 0. The summed E-state index contributed by atoms with van der Waals surface area (Å²) in [5.41, 5.74) is 11.7. The van der Waals surface area contributed by atoms with E-state index in [4.69, 9.17) is 9.40 Å². The van der Waals surface area contributed by atoms with Crippen LogP contribution in [0.2, 0.25) is 0 Å². The second-order valence-corrected chi connectivity index (χ2v) is 10.9. The summed E-state index contributed by atoms with van der Waals surface area (Å²) in [7, 11) is 0. The lowest BCUT2D eigenvalue weighted by Gasteiger charge is -2.26. The predicted molar refractivity (Wildman–Crippen MR) is 183 cm³/mol. The standard InChI is InChI=1S/C41H28N2O/c1-3-9-29(10-4-1)31-15-21-34(22-16-31)43(35-23-17-32(18-24-35)30-11-5-2-6-12-30)36-25-19-33(20-26-36)39-27-38-37-13-7-8-14-40(37)44-41(38)28-42-39/h1-28H. The Morgan fingerprint density at radius 1 is 0.386 bits per heavy atom. The summed E-state index contributed by atoms with van der Waals surface area (Å²) in [6, 6.07) is 57.4. The fourth-order valence-electron chi connectivity index (χ4n) is 5.88. The Hall–Kier alpha value is -5.93. The first-order valence-corrected chi connectivity index (χ1v) is 14.8. The number of furan rings is 1. The largest absolute Gasteiger partial charge is 0.454 e. The third kappa shape index (κ3) is 4.81. The molecule has 0 bridgehead atoms. The van der Waals surface area contributed by atoms with Crippen LogP contribution in [-0.4, -0.2) is 4.98 Å². The first kappa shape index (κ1) is 25.8. The van der Waals surface area contributed by atoms with Crippen molar-refractivity contribution in [3.05, 3.63) is 170 Å². The molecule has 208 valence electrons. The number of anilines is 3. The number of rotatable bonds is 6. The second-order valence-electron chi connectivity index (χ2n) is 10.9. The first-order chi connectivity index (χ1) is 21.8. The lowest BCUT2D eigenvalue weighted by atomic mass is 10.0. The molecule has 44 heavy (non-hydrogen) atoms. The van der Waals surface area contributed by atoms with Gasteiger partial charge in [-0.15, -0.1) is 0 Å². The van der Waals surface area contributed by atoms with E-state index in [0.29, 0.717) is 0 Å². The molecule has 0 aliphatic heterocycles. The Kier molecular flexibility index (Phi) is 6.47. The van der Waals surface area contributed by atoms with Crippen molar-refractivity contribution in [3.8, 4) is 33.5 Å². The fraction of sp³-hybridized carbons (Fsp3) is 0. The Bertz CT molecular complexity index is 2100. The summed E-state index contributed by atoms with van der Waals surface area (Å²) in [4.78, 5) is 7.03. The quantitative estimate of drug-likeness (QED) is 0.201. The Balaban J connectivity index is 1.17. The van der Waals surface area contributed by atoms with Gasteiger partial charge in [-0.1, -0.05) is 115 Å². The van der Waals surface area contributed by atoms with Gasteiger partial charge in [0.25, 0.3) is 0 Å². The fourth-order valence-corrected chi connectivity index (χ4v) is 5.88. The molecule has 3 nitrogen and oxygen atoms in total. The van der Waals surface area contributed by atoms with E-state index >= 15 is 0 Å². The SMILES string of the molecule is c1ccc(-c2ccc(N(c3ccc(-c4ccccc4)cc3)c3ccc(-c4cc5c(cn4)oc4ccccc45)cc3)cc2)cc1. The molecule has 0 spiro atoms. The highest BCUT2D eigenvalue weighted by molar-refractivity contribution is 6.05. The number of aromatic nitrogens is 1. The molecule has 0 saturated heterocycles. The van der Waals surface area contributed by atoms with Crippen molar-refractivity contribution in [2.75, 3.05) is 4.90 Å². The maximum atomic E-state index is 6.00. The van der Waals surface area contributed by atoms with Gasteiger partial charge in [0.15, 0.2) is 5.58 Å². The van der Waals surface area contributed by atoms with Gasteiger partial charge in [-0.3, -0.25) is 4.98 Å². The van der Waals surface area contributed by atoms with Gasteiger partial charge in [-0.25, -0.2) is 0 Å². The van der Waals surface area contributed by atoms with E-state index in [0.717, 1.165) is 50.3 Å². The summed E-state index contributed by atoms with van der Waals surface area (Å²) in [5, 5.41) is 2.18. The van der Waals surface area contributed by atoms with E-state index in [1.54, 1.807) is 0 Å². The van der Waals surface area contributed by atoms with E-state index in [-0.39, 0.29) is 0 Å². The number of para-hydroxylation sites is 1. The van der Waals surface area contributed by atoms with Gasteiger partial charge >= 0.3 is 0 Å². The highest BCUT2D eigenvalue weighted by Gasteiger charge is 2.15. The molecule has 0 aliphatic carbocycles. The second kappa shape index (κ2) is 11.0. The molecule has 0 aliphatic rings. The Morgan fingerprint density at radius 3 is 1.39 bits per heavy atom. The van der Waals surface area contributed by atoms with Gasteiger partial charge in [-0.05, 0) is 70.8 Å². The number of pyridine rings is 1. The van der Waals surface area contributed by atoms with Gasteiger partial charge < -0.3 is 9.32 Å². The van der Waals surface area contributed by atoms with E-state index in [1.807, 2.05) is 36.5 Å². The van der Waals surface area contributed by atoms with Crippen molar-refractivity contribution < 1.29 is 4.42 Å². The van der Waals surface area contributed by atoms with Crippen molar-refractivity contribution in [1.82, 2.24) is 4.98 Å². The van der Waals surface area contributed by atoms with E-state index in [9.17, 15) is 0 Å². The van der Waals surface area contributed by atoms with Crippen molar-refractivity contribution in [1.29, 1.82) is 0 Å². The molecule has 8 rings (SSSR count). The van der Waals surface area contributed by atoms with Crippen molar-refractivity contribution in [2.45, 2.75) is 0 Å². The predicted octanol–water partition coefficient (Wildman–Crippen LogP) is 11.5. The van der Waals surface area contributed by atoms with Crippen LogP contribution in [0.4, 0.5) is 17.1 Å². The maximum Gasteiger partial charge on any atom is 0.153 e. The molecule has 0 atom stereocenters. The van der Waals surface area contributed by atoms with Gasteiger partial charge in [-0.2, -0.15) is 0 Å². The third-order valence-electron chi connectivity index (χ3n) is 8.15. The van der Waals surface area contributed by atoms with Gasteiger partial charge in [0, 0.05) is 33.4 Å². The van der Waals surface area contributed by atoms with Crippen molar-refractivity contribution in [2.24, 2.45) is 0 Å². The summed E-state index contributed by atoms with van der Waals surface area (Å²) in [6.45, 7) is 0. The highest BCUT2D eigenvalue weighted by atomic mass is 16.3. The van der Waals surface area contributed by atoms with Crippen LogP contribution >= 0.6 is 0 Å². The topological polar surface area (TPSA) is 29.3 Å². The zero-order valence-corrected chi connectivity index (χ0v) is 24.0. The number of benzene rings is 6. The lowest BCUT2D eigenvalue weighted by Crippen LogP contribution is -2.09. The minimum Gasteiger partial charge on any atom is -0.454 e. The molecule has 8 aromatic rings. The number of hydrogen-bond donors (Lipinski definition) is 0. The summed E-state index contributed by atoms with van der Waals surface area (Å²) in [6.07, 6.45) is 1.83. The van der Waals surface area contributed by atoms with E-state index in [2.05, 4.69) is 138 Å². The van der Waals surface area contributed by atoms with Crippen LogP contribution in [0.5, 0.6) is 0 Å². The average Bonchev–Trinajstić information content (AvgIpc) is 3.48. The lowest BCUT2D eigenvalue weighted by molar-refractivity contribution is 0.667. The first-order valence-electron chi connectivity index (χ1n) is 14.8. The minimum atomic E-state index is 0.802. The van der Waals surface area contributed by atoms with Crippen molar-refractivity contribution in [3.63, 3.8) is 0 Å². The molecule has 0 saturated carbocycles. The van der Waals surface area contributed by atoms with Gasteiger partial charge in [0.05, 0.1) is 11.9 Å². The average molecular weight is 565 g/mol. The van der Waals surface area contributed by atoms with Crippen LogP contribution in [0.15, 0.2) is 174 Å². The molecule has 0 fully saturated rings. The van der Waals surface area contributed by atoms with Crippen LogP contribution < -0.4 is 4.90 Å². The molecule has 2 heterocycles. The number of nitrogens with zero attached hydrogens (tertiary/aromatic N) is 2. The normalized spacial score (nSPS) is 11.2. The van der Waals surface area contributed by atoms with Crippen molar-refractivity contribution >= 4 is 39.0 Å². The minimum absolute atomic E-state index is 0.802. The Morgan fingerprint density at radius 2 is 0.841 bits per heavy atom. The molecule has 0 N–H and O–H groups in total. The smallest absolute Gasteiger partial charge is 0.153 e. The molecule has 0 radical (unpaired) electrons. The van der Waals surface area contributed by atoms with Crippen LogP contribution in [0.25, 0.3) is 55.4 Å². The monoisotopic (exact) mass is 564 g/mol. The van der Waals surface area contributed by atoms with Crippen LogP contribution in [-0.2, 0) is 0 Å². The molecular formula is C41H28N2O. The summed E-state index contributed by atoms with van der Waals surface area (Å²) >= 11 is 0. The Labute approximate surface area is 256 Å². The maximum absolute atomic E-state index is 6.00. The molecule has 2 aromatic heterocycles.